The molecule has 2 aromatic carbocycles. The number of hydrogen-bond donors (Lipinski definition) is 0. The van der Waals surface area contributed by atoms with E-state index in [2.05, 4.69) is 34.2 Å². The molecule has 0 bridgehead atoms. The van der Waals surface area contributed by atoms with E-state index in [-0.39, 0.29) is 24.5 Å². The van der Waals surface area contributed by atoms with Gasteiger partial charge in [0.25, 0.3) is 5.91 Å². The lowest BCUT2D eigenvalue weighted by Crippen LogP contribution is -2.52. The SMILES string of the molecule is Cc1ccc(-c2ccc(N3CCN(C(=O)CN(C[C@@H]4CCCO4)C(=O)c4ccccc4)CC3)nn2)cc1. The Kier molecular flexibility index (Phi) is 7.75. The van der Waals surface area contributed by atoms with Gasteiger partial charge in [0.15, 0.2) is 5.82 Å². The summed E-state index contributed by atoms with van der Waals surface area (Å²) < 4.78 is 5.76. The van der Waals surface area contributed by atoms with Crippen LogP contribution in [0.1, 0.15) is 28.8 Å². The van der Waals surface area contributed by atoms with E-state index in [9.17, 15) is 9.59 Å². The Morgan fingerprint density at radius 2 is 1.70 bits per heavy atom. The zero-order valence-corrected chi connectivity index (χ0v) is 21.3. The lowest BCUT2D eigenvalue weighted by Gasteiger charge is -2.36. The molecular weight excluding hydrogens is 466 g/mol. The third-order valence-electron chi connectivity index (χ3n) is 7.04. The summed E-state index contributed by atoms with van der Waals surface area (Å²) >= 11 is 0. The number of piperazine rings is 1. The van der Waals surface area contributed by atoms with Crippen LogP contribution in [0.15, 0.2) is 66.7 Å². The minimum Gasteiger partial charge on any atom is -0.376 e. The average Bonchev–Trinajstić information content (AvgIpc) is 3.47. The molecule has 0 N–H and O–H groups in total. The molecule has 2 aliphatic heterocycles. The van der Waals surface area contributed by atoms with E-state index in [1.807, 2.05) is 47.4 Å². The molecule has 8 heteroatoms. The van der Waals surface area contributed by atoms with E-state index in [0.717, 1.165) is 29.9 Å². The van der Waals surface area contributed by atoms with Gasteiger partial charge in [0, 0.05) is 50.5 Å². The van der Waals surface area contributed by atoms with Crippen molar-refractivity contribution in [3.63, 3.8) is 0 Å². The molecule has 0 unspecified atom stereocenters. The number of amides is 2. The van der Waals surface area contributed by atoms with Crippen molar-refractivity contribution < 1.29 is 14.3 Å². The summed E-state index contributed by atoms with van der Waals surface area (Å²) in [7, 11) is 0. The van der Waals surface area contributed by atoms with E-state index in [1.54, 1.807) is 17.0 Å². The number of hydrogen-bond acceptors (Lipinski definition) is 6. The average molecular weight is 500 g/mol. The molecule has 2 saturated heterocycles. The van der Waals surface area contributed by atoms with Gasteiger partial charge in [0.2, 0.25) is 5.91 Å². The predicted octanol–water partition coefficient (Wildman–Crippen LogP) is 3.42. The van der Waals surface area contributed by atoms with E-state index < -0.39 is 0 Å². The van der Waals surface area contributed by atoms with Crippen molar-refractivity contribution in [3.05, 3.63) is 77.9 Å². The van der Waals surface area contributed by atoms with Crippen LogP contribution in [0.4, 0.5) is 5.82 Å². The molecule has 2 aliphatic rings. The van der Waals surface area contributed by atoms with Crippen molar-refractivity contribution in [2.45, 2.75) is 25.9 Å². The second kappa shape index (κ2) is 11.5. The number of aromatic nitrogens is 2. The minimum absolute atomic E-state index is 0.0150. The normalized spacial score (nSPS) is 17.6. The summed E-state index contributed by atoms with van der Waals surface area (Å²) in [5.41, 5.74) is 3.68. The fourth-order valence-electron chi connectivity index (χ4n) is 4.84. The van der Waals surface area contributed by atoms with Gasteiger partial charge in [-0.05, 0) is 44.0 Å². The topological polar surface area (TPSA) is 78.9 Å². The first kappa shape index (κ1) is 24.9. The molecule has 3 heterocycles. The molecule has 1 aromatic heterocycles. The van der Waals surface area contributed by atoms with Gasteiger partial charge in [-0.3, -0.25) is 9.59 Å². The van der Waals surface area contributed by atoms with Crippen LogP contribution in [-0.4, -0.2) is 83.8 Å². The Hall–Kier alpha value is -3.78. The molecule has 0 saturated carbocycles. The van der Waals surface area contributed by atoms with Gasteiger partial charge in [-0.1, -0.05) is 48.0 Å². The molecule has 2 amide bonds. The molecule has 8 nitrogen and oxygen atoms in total. The maximum atomic E-state index is 13.2. The number of anilines is 1. The molecule has 0 aliphatic carbocycles. The number of carbonyl (C=O) groups excluding carboxylic acids is 2. The Morgan fingerprint density at radius 3 is 2.35 bits per heavy atom. The third-order valence-corrected chi connectivity index (χ3v) is 7.04. The zero-order valence-electron chi connectivity index (χ0n) is 21.3. The number of nitrogens with zero attached hydrogens (tertiary/aromatic N) is 5. The number of carbonyl (C=O) groups is 2. The van der Waals surface area contributed by atoms with Crippen LogP contribution in [0.2, 0.25) is 0 Å². The third kappa shape index (κ3) is 6.14. The Morgan fingerprint density at radius 1 is 0.946 bits per heavy atom. The molecule has 0 radical (unpaired) electrons. The molecule has 5 rings (SSSR count). The van der Waals surface area contributed by atoms with Crippen LogP contribution in [0.3, 0.4) is 0 Å². The highest BCUT2D eigenvalue weighted by molar-refractivity contribution is 5.96. The molecule has 0 spiro atoms. The smallest absolute Gasteiger partial charge is 0.254 e. The van der Waals surface area contributed by atoms with E-state index >= 15 is 0 Å². The van der Waals surface area contributed by atoms with Crippen LogP contribution in [0, 0.1) is 6.92 Å². The second-order valence-electron chi connectivity index (χ2n) is 9.70. The quantitative estimate of drug-likeness (QED) is 0.496. The molecule has 2 fully saturated rings. The summed E-state index contributed by atoms with van der Waals surface area (Å²) in [5.74, 6) is 0.636. The predicted molar refractivity (Wildman–Crippen MR) is 142 cm³/mol. The summed E-state index contributed by atoms with van der Waals surface area (Å²) in [6.07, 6.45) is 1.89. The second-order valence-corrected chi connectivity index (χ2v) is 9.70. The van der Waals surface area contributed by atoms with Gasteiger partial charge in [-0.15, -0.1) is 10.2 Å². The van der Waals surface area contributed by atoms with Gasteiger partial charge in [-0.25, -0.2) is 0 Å². The number of ether oxygens (including phenoxy) is 1. The highest BCUT2D eigenvalue weighted by Crippen LogP contribution is 2.20. The Balaban J connectivity index is 1.18. The lowest BCUT2D eigenvalue weighted by atomic mass is 10.1. The molecular formula is C29H33N5O3. The highest BCUT2D eigenvalue weighted by Gasteiger charge is 2.28. The van der Waals surface area contributed by atoms with Crippen LogP contribution in [0.5, 0.6) is 0 Å². The first-order valence-electron chi connectivity index (χ1n) is 13.0. The molecule has 192 valence electrons. The van der Waals surface area contributed by atoms with E-state index in [4.69, 9.17) is 4.74 Å². The van der Waals surface area contributed by atoms with Gasteiger partial charge >= 0.3 is 0 Å². The van der Waals surface area contributed by atoms with Crippen LogP contribution in [-0.2, 0) is 9.53 Å². The van der Waals surface area contributed by atoms with Crippen molar-refractivity contribution in [3.8, 4) is 11.3 Å². The van der Waals surface area contributed by atoms with Crippen molar-refractivity contribution in [1.82, 2.24) is 20.0 Å². The van der Waals surface area contributed by atoms with Crippen molar-refractivity contribution in [2.75, 3.05) is 50.8 Å². The molecule has 3 aromatic rings. The van der Waals surface area contributed by atoms with Crippen molar-refractivity contribution >= 4 is 17.6 Å². The van der Waals surface area contributed by atoms with Crippen LogP contribution in [0.25, 0.3) is 11.3 Å². The van der Waals surface area contributed by atoms with Gasteiger partial charge in [0.1, 0.15) is 6.54 Å². The first-order valence-corrected chi connectivity index (χ1v) is 13.0. The molecule has 37 heavy (non-hydrogen) atoms. The maximum Gasteiger partial charge on any atom is 0.254 e. The van der Waals surface area contributed by atoms with Crippen LogP contribution >= 0.6 is 0 Å². The zero-order chi connectivity index (χ0) is 25.6. The standard InChI is InChI=1S/C29H33N5O3/c1-22-9-11-23(12-10-22)26-13-14-27(31-30-26)32-15-17-33(18-16-32)28(35)21-34(20-25-8-5-19-37-25)29(36)24-6-3-2-4-7-24/h2-4,6-7,9-14,25H,5,8,15-21H2,1H3/t25-/m0/s1. The molecule has 1 atom stereocenters. The number of benzene rings is 2. The highest BCUT2D eigenvalue weighted by atomic mass is 16.5. The van der Waals surface area contributed by atoms with E-state index in [0.29, 0.717) is 44.9 Å². The summed E-state index contributed by atoms with van der Waals surface area (Å²) in [6, 6.07) is 21.4. The summed E-state index contributed by atoms with van der Waals surface area (Å²) in [4.78, 5) is 32.1. The summed E-state index contributed by atoms with van der Waals surface area (Å²) in [5, 5.41) is 8.86. The van der Waals surface area contributed by atoms with Gasteiger partial charge in [-0.2, -0.15) is 0 Å². The van der Waals surface area contributed by atoms with Gasteiger partial charge in [0.05, 0.1) is 11.8 Å². The lowest BCUT2D eigenvalue weighted by molar-refractivity contribution is -0.132. The maximum absolute atomic E-state index is 13.2. The summed E-state index contributed by atoms with van der Waals surface area (Å²) in [6.45, 7) is 5.75. The van der Waals surface area contributed by atoms with Gasteiger partial charge < -0.3 is 19.4 Å². The number of rotatable bonds is 7. The Labute approximate surface area is 217 Å². The van der Waals surface area contributed by atoms with Crippen molar-refractivity contribution in [1.29, 1.82) is 0 Å². The largest absolute Gasteiger partial charge is 0.376 e. The van der Waals surface area contributed by atoms with Crippen LogP contribution < -0.4 is 4.90 Å². The Bertz CT molecular complexity index is 1190. The van der Waals surface area contributed by atoms with Crippen molar-refractivity contribution in [2.24, 2.45) is 0 Å². The minimum atomic E-state index is -0.132. The fraction of sp³-hybridized carbons (Fsp3) is 0.379. The monoisotopic (exact) mass is 499 g/mol. The number of aryl methyl sites for hydroxylation is 1. The van der Waals surface area contributed by atoms with E-state index in [1.165, 1.54) is 5.56 Å². The fourth-order valence-corrected chi connectivity index (χ4v) is 4.84. The first-order chi connectivity index (χ1) is 18.1.